The number of fused-ring (bicyclic) bond motifs is 1. The van der Waals surface area contributed by atoms with Crippen molar-refractivity contribution in [2.45, 2.75) is 19.3 Å². The molecule has 0 radical (unpaired) electrons. The molecule has 3 rings (SSSR count). The lowest BCUT2D eigenvalue weighted by Gasteiger charge is -2.21. The number of thiazole rings is 1. The standard InChI is InChI=1S/C23H29N3O3S.ClH/c1-25(2)15-8-16-26(20(27)14-11-17-9-6-5-7-10-17)23-24-21-18(28-3)12-13-19(29-4)22(21)30-23;/h5-7,9-10,12-13H,8,11,14-16H2,1-4H3;1H. The minimum Gasteiger partial charge on any atom is -0.495 e. The van der Waals surface area contributed by atoms with Crippen LogP contribution in [-0.2, 0) is 11.2 Å². The largest absolute Gasteiger partial charge is 0.495 e. The zero-order chi connectivity index (χ0) is 21.5. The van der Waals surface area contributed by atoms with Crippen LogP contribution in [0.4, 0.5) is 5.13 Å². The van der Waals surface area contributed by atoms with Crippen molar-refractivity contribution in [2.75, 3.05) is 46.3 Å². The van der Waals surface area contributed by atoms with E-state index in [1.165, 1.54) is 11.3 Å². The summed E-state index contributed by atoms with van der Waals surface area (Å²) >= 11 is 1.47. The van der Waals surface area contributed by atoms with Crippen molar-refractivity contribution in [2.24, 2.45) is 0 Å². The van der Waals surface area contributed by atoms with E-state index in [-0.39, 0.29) is 18.3 Å². The molecule has 2 aromatic carbocycles. The summed E-state index contributed by atoms with van der Waals surface area (Å²) in [5.74, 6) is 1.49. The van der Waals surface area contributed by atoms with Crippen LogP contribution in [-0.4, -0.2) is 57.2 Å². The molecule has 0 aliphatic rings. The molecule has 0 aliphatic heterocycles. The van der Waals surface area contributed by atoms with Gasteiger partial charge in [-0.1, -0.05) is 41.7 Å². The maximum absolute atomic E-state index is 13.2. The van der Waals surface area contributed by atoms with Gasteiger partial charge in [-0.05, 0) is 51.2 Å². The first kappa shape index (κ1) is 24.9. The Bertz CT molecular complexity index is 938. The van der Waals surface area contributed by atoms with Crippen molar-refractivity contribution in [3.8, 4) is 11.5 Å². The molecule has 1 aromatic heterocycles. The van der Waals surface area contributed by atoms with E-state index < -0.39 is 0 Å². The van der Waals surface area contributed by atoms with Gasteiger partial charge in [-0.3, -0.25) is 9.69 Å². The number of amides is 1. The Hall–Kier alpha value is -2.35. The Morgan fingerprint density at radius 2 is 1.68 bits per heavy atom. The summed E-state index contributed by atoms with van der Waals surface area (Å²) in [5, 5.41) is 0.685. The maximum atomic E-state index is 13.2. The number of methoxy groups -OCH3 is 2. The molecular formula is C23H30ClN3O3S. The van der Waals surface area contributed by atoms with E-state index in [2.05, 4.69) is 17.0 Å². The first-order valence-corrected chi connectivity index (χ1v) is 10.9. The lowest BCUT2D eigenvalue weighted by molar-refractivity contribution is -0.118. The SMILES string of the molecule is COc1ccc(OC)c2sc(N(CCCN(C)C)C(=O)CCc3ccccc3)nc12.Cl. The molecule has 168 valence electrons. The van der Waals surface area contributed by atoms with Crippen molar-refractivity contribution in [1.29, 1.82) is 0 Å². The molecule has 0 fully saturated rings. The summed E-state index contributed by atoms with van der Waals surface area (Å²) in [6, 6.07) is 13.8. The number of benzene rings is 2. The third-order valence-electron chi connectivity index (χ3n) is 4.89. The quantitative estimate of drug-likeness (QED) is 0.438. The van der Waals surface area contributed by atoms with Crippen LogP contribution < -0.4 is 14.4 Å². The molecule has 0 aliphatic carbocycles. The lowest BCUT2D eigenvalue weighted by Crippen LogP contribution is -2.33. The first-order chi connectivity index (χ1) is 14.5. The number of carbonyl (C=O) groups is 1. The van der Waals surface area contributed by atoms with Crippen molar-refractivity contribution in [3.05, 3.63) is 48.0 Å². The van der Waals surface area contributed by atoms with Gasteiger partial charge in [0.25, 0.3) is 0 Å². The highest BCUT2D eigenvalue weighted by Crippen LogP contribution is 2.40. The highest BCUT2D eigenvalue weighted by Gasteiger charge is 2.22. The number of nitrogens with zero attached hydrogens (tertiary/aromatic N) is 3. The predicted octanol–water partition coefficient (Wildman–Crippen LogP) is 4.65. The predicted molar refractivity (Wildman–Crippen MR) is 130 cm³/mol. The third-order valence-corrected chi connectivity index (χ3v) is 5.98. The smallest absolute Gasteiger partial charge is 0.229 e. The van der Waals surface area contributed by atoms with Gasteiger partial charge in [0.2, 0.25) is 5.91 Å². The maximum Gasteiger partial charge on any atom is 0.229 e. The molecule has 0 unspecified atom stereocenters. The second-order valence-electron chi connectivity index (χ2n) is 7.33. The Morgan fingerprint density at radius 3 is 2.32 bits per heavy atom. The van der Waals surface area contributed by atoms with Crippen LogP contribution in [0.1, 0.15) is 18.4 Å². The summed E-state index contributed by atoms with van der Waals surface area (Å²) in [6.45, 7) is 1.52. The Labute approximate surface area is 194 Å². The molecule has 1 amide bonds. The third kappa shape index (κ3) is 6.32. The number of aromatic nitrogens is 1. The van der Waals surface area contributed by atoms with E-state index in [1.54, 1.807) is 14.2 Å². The molecule has 0 spiro atoms. The van der Waals surface area contributed by atoms with Gasteiger partial charge in [-0.15, -0.1) is 12.4 Å². The number of halogens is 1. The molecule has 0 saturated carbocycles. The van der Waals surface area contributed by atoms with Gasteiger partial charge in [0.05, 0.1) is 14.2 Å². The molecule has 3 aromatic rings. The highest BCUT2D eigenvalue weighted by atomic mass is 35.5. The number of aryl methyl sites for hydroxylation is 1. The molecule has 31 heavy (non-hydrogen) atoms. The fourth-order valence-corrected chi connectivity index (χ4v) is 4.41. The van der Waals surface area contributed by atoms with Gasteiger partial charge < -0.3 is 14.4 Å². The number of ether oxygens (including phenoxy) is 2. The van der Waals surface area contributed by atoms with Crippen LogP contribution in [0.5, 0.6) is 11.5 Å². The fraction of sp³-hybridized carbons (Fsp3) is 0.391. The summed E-state index contributed by atoms with van der Waals surface area (Å²) < 4.78 is 11.9. The van der Waals surface area contributed by atoms with Gasteiger partial charge >= 0.3 is 0 Å². The van der Waals surface area contributed by atoms with Gasteiger partial charge in [-0.25, -0.2) is 4.98 Å². The van der Waals surface area contributed by atoms with Crippen molar-refractivity contribution >= 4 is 45.0 Å². The average molecular weight is 464 g/mol. The molecule has 8 heteroatoms. The minimum absolute atomic E-state index is 0. The normalized spacial score (nSPS) is 10.7. The molecule has 0 atom stereocenters. The topological polar surface area (TPSA) is 54.9 Å². The summed E-state index contributed by atoms with van der Waals surface area (Å²) in [5.41, 5.74) is 1.89. The van der Waals surface area contributed by atoms with E-state index >= 15 is 0 Å². The number of rotatable bonds is 10. The van der Waals surface area contributed by atoms with Crippen LogP contribution >= 0.6 is 23.7 Å². The van der Waals surface area contributed by atoms with Gasteiger partial charge in [0, 0.05) is 13.0 Å². The van der Waals surface area contributed by atoms with Gasteiger partial charge in [0.15, 0.2) is 5.13 Å². The number of hydrogen-bond acceptors (Lipinski definition) is 6. The van der Waals surface area contributed by atoms with E-state index in [1.807, 2.05) is 49.3 Å². The average Bonchev–Trinajstić information content (AvgIpc) is 3.20. The van der Waals surface area contributed by atoms with Crippen molar-refractivity contribution in [1.82, 2.24) is 9.88 Å². The number of hydrogen-bond donors (Lipinski definition) is 0. The molecule has 1 heterocycles. The molecular weight excluding hydrogens is 434 g/mol. The highest BCUT2D eigenvalue weighted by molar-refractivity contribution is 7.22. The Morgan fingerprint density at radius 1 is 1.00 bits per heavy atom. The zero-order valence-corrected chi connectivity index (χ0v) is 20.1. The van der Waals surface area contributed by atoms with Gasteiger partial charge in [-0.2, -0.15) is 0 Å². The van der Waals surface area contributed by atoms with Crippen LogP contribution in [0.25, 0.3) is 10.2 Å². The second kappa shape index (κ2) is 11.9. The second-order valence-corrected chi connectivity index (χ2v) is 8.31. The molecule has 0 saturated heterocycles. The number of anilines is 1. The van der Waals surface area contributed by atoms with Crippen LogP contribution in [0, 0.1) is 0 Å². The molecule has 6 nitrogen and oxygen atoms in total. The van der Waals surface area contributed by atoms with Gasteiger partial charge in [0.1, 0.15) is 21.7 Å². The zero-order valence-electron chi connectivity index (χ0n) is 18.5. The Kier molecular flexibility index (Phi) is 9.55. The minimum atomic E-state index is 0. The van der Waals surface area contributed by atoms with Crippen molar-refractivity contribution in [3.63, 3.8) is 0 Å². The molecule has 0 bridgehead atoms. The van der Waals surface area contributed by atoms with E-state index in [0.29, 0.717) is 30.3 Å². The molecule has 0 N–H and O–H groups in total. The Balaban J connectivity index is 0.00000341. The van der Waals surface area contributed by atoms with Crippen LogP contribution in [0.15, 0.2) is 42.5 Å². The number of carbonyl (C=O) groups excluding carboxylic acids is 1. The summed E-state index contributed by atoms with van der Waals surface area (Å²) in [4.78, 5) is 21.9. The summed E-state index contributed by atoms with van der Waals surface area (Å²) in [7, 11) is 7.34. The van der Waals surface area contributed by atoms with E-state index in [4.69, 9.17) is 14.5 Å². The van der Waals surface area contributed by atoms with Crippen molar-refractivity contribution < 1.29 is 14.3 Å². The van der Waals surface area contributed by atoms with E-state index in [0.717, 1.165) is 34.5 Å². The van der Waals surface area contributed by atoms with E-state index in [9.17, 15) is 4.79 Å². The van der Waals surface area contributed by atoms with Crippen LogP contribution in [0.2, 0.25) is 0 Å². The lowest BCUT2D eigenvalue weighted by atomic mass is 10.1. The fourth-order valence-electron chi connectivity index (χ4n) is 3.29. The first-order valence-electron chi connectivity index (χ1n) is 10.0. The monoisotopic (exact) mass is 463 g/mol. The summed E-state index contributed by atoms with van der Waals surface area (Å²) in [6.07, 6.45) is 2.02. The van der Waals surface area contributed by atoms with Crippen LogP contribution in [0.3, 0.4) is 0 Å².